The molecule has 13 heteroatoms. The van der Waals surface area contributed by atoms with Crippen molar-refractivity contribution in [2.24, 2.45) is 0 Å². The fourth-order valence-electron chi connectivity index (χ4n) is 3.33. The number of hydrogen-bond acceptors (Lipinski definition) is 10. The molecule has 1 N–H and O–H groups in total. The predicted octanol–water partition coefficient (Wildman–Crippen LogP) is 2.92. The molecule has 184 valence electrons. The van der Waals surface area contributed by atoms with Crippen LogP contribution in [-0.4, -0.2) is 55.4 Å². The first kappa shape index (κ1) is 24.2. The van der Waals surface area contributed by atoms with Gasteiger partial charge in [0.1, 0.15) is 22.9 Å². The Kier molecular flexibility index (Phi) is 6.98. The second kappa shape index (κ2) is 10.1. The van der Waals surface area contributed by atoms with E-state index in [2.05, 4.69) is 19.9 Å². The molecule has 0 saturated carbocycles. The van der Waals surface area contributed by atoms with E-state index in [1.54, 1.807) is 53.9 Å². The Balaban J connectivity index is 0.00000361. The van der Waals surface area contributed by atoms with Crippen molar-refractivity contribution >= 4 is 27.3 Å². The molecular formula is C22H23N5O6S2. The summed E-state index contributed by atoms with van der Waals surface area (Å²) in [6, 6.07) is 13.5. The van der Waals surface area contributed by atoms with Crippen LogP contribution in [-0.2, 0) is 15.8 Å². The van der Waals surface area contributed by atoms with Gasteiger partial charge in [0, 0.05) is 6.81 Å². The second-order valence-electron chi connectivity index (χ2n) is 7.07. The van der Waals surface area contributed by atoms with Crippen molar-refractivity contribution in [3.05, 3.63) is 65.3 Å². The lowest BCUT2D eigenvalue weighted by Crippen LogP contribution is -2.33. The molecule has 0 bridgehead atoms. The summed E-state index contributed by atoms with van der Waals surface area (Å²) in [4.78, 5) is 17.6. The van der Waals surface area contributed by atoms with Crippen LogP contribution in [0.2, 0.25) is 0 Å². The van der Waals surface area contributed by atoms with Gasteiger partial charge in [-0.1, -0.05) is 47.7 Å². The van der Waals surface area contributed by atoms with Crippen LogP contribution < -0.4 is 18.9 Å². The van der Waals surface area contributed by atoms with Crippen LogP contribution >= 0.6 is 11.3 Å². The summed E-state index contributed by atoms with van der Waals surface area (Å²) in [5.74, 6) is -0.816. The quantitative estimate of drug-likeness (QED) is 0.355. The summed E-state index contributed by atoms with van der Waals surface area (Å²) in [6.07, 6.45) is 0. The number of ether oxygens (including phenoxy) is 3. The van der Waals surface area contributed by atoms with Crippen molar-refractivity contribution in [1.82, 2.24) is 24.5 Å². The Morgan fingerprint density at radius 3 is 2.29 bits per heavy atom. The number of hydrogen-bond donors (Lipinski definition) is 1. The van der Waals surface area contributed by atoms with Gasteiger partial charge in [0.2, 0.25) is 15.8 Å². The zero-order chi connectivity index (χ0) is 25.0. The number of aromatic nitrogens is 4. The fourth-order valence-corrected chi connectivity index (χ4v) is 5.03. The first-order chi connectivity index (χ1) is 16.9. The number of carbonyl (C=O) groups excluding carboxylic acids is 1. The SMILES string of the molecule is COc1nc(-c2nnc(C(=O)NS(=O)(=O)Cc3ccccc3)n2-c2c(OC)cccc2OC)cs1.[HH]. The number of thiazole rings is 1. The highest BCUT2D eigenvalue weighted by Crippen LogP contribution is 2.37. The summed E-state index contributed by atoms with van der Waals surface area (Å²) in [7, 11) is 0.348. The van der Waals surface area contributed by atoms with Crippen LogP contribution in [0.1, 0.15) is 17.6 Å². The molecule has 0 aliphatic rings. The molecule has 0 spiro atoms. The van der Waals surface area contributed by atoms with Crippen molar-refractivity contribution in [3.63, 3.8) is 0 Å². The van der Waals surface area contributed by atoms with Gasteiger partial charge >= 0.3 is 5.91 Å². The number of methoxy groups -OCH3 is 3. The lowest BCUT2D eigenvalue weighted by molar-refractivity contribution is 0.0969. The highest BCUT2D eigenvalue weighted by atomic mass is 32.2. The van der Waals surface area contributed by atoms with E-state index < -0.39 is 15.9 Å². The minimum absolute atomic E-state index is 0. The number of carbonyl (C=O) groups is 1. The maximum absolute atomic E-state index is 13.2. The van der Waals surface area contributed by atoms with E-state index in [0.717, 1.165) is 0 Å². The van der Waals surface area contributed by atoms with Crippen molar-refractivity contribution in [2.45, 2.75) is 5.75 Å². The van der Waals surface area contributed by atoms with Crippen LogP contribution in [0.25, 0.3) is 17.2 Å². The van der Waals surface area contributed by atoms with Gasteiger partial charge in [-0.2, -0.15) is 4.98 Å². The fraction of sp³-hybridized carbons (Fsp3) is 0.182. The maximum atomic E-state index is 13.2. The molecule has 0 radical (unpaired) electrons. The molecule has 4 aromatic rings. The molecule has 0 aliphatic carbocycles. The van der Waals surface area contributed by atoms with E-state index in [1.807, 2.05) is 0 Å². The third-order valence-electron chi connectivity index (χ3n) is 4.83. The zero-order valence-corrected chi connectivity index (χ0v) is 20.6. The first-order valence-electron chi connectivity index (χ1n) is 10.1. The van der Waals surface area contributed by atoms with Gasteiger partial charge in [-0.05, 0) is 17.7 Å². The van der Waals surface area contributed by atoms with Crippen molar-refractivity contribution in [1.29, 1.82) is 0 Å². The summed E-state index contributed by atoms with van der Waals surface area (Å²) in [5.41, 5.74) is 1.18. The normalized spacial score (nSPS) is 11.2. The van der Waals surface area contributed by atoms with Crippen molar-refractivity contribution < 1.29 is 28.8 Å². The molecule has 4 rings (SSSR count). The molecule has 0 aliphatic heterocycles. The van der Waals surface area contributed by atoms with E-state index in [4.69, 9.17) is 14.2 Å². The van der Waals surface area contributed by atoms with Crippen LogP contribution in [0.5, 0.6) is 16.7 Å². The molecule has 0 saturated heterocycles. The Labute approximate surface area is 206 Å². The molecule has 0 atom stereocenters. The number of para-hydroxylation sites is 1. The minimum atomic E-state index is -4.04. The molecule has 2 heterocycles. The van der Waals surface area contributed by atoms with Crippen molar-refractivity contribution in [3.8, 4) is 33.9 Å². The Bertz CT molecular complexity index is 1430. The minimum Gasteiger partial charge on any atom is -0.494 e. The number of sulfonamides is 1. The van der Waals surface area contributed by atoms with Crippen LogP contribution in [0.3, 0.4) is 0 Å². The van der Waals surface area contributed by atoms with Gasteiger partial charge < -0.3 is 14.2 Å². The Morgan fingerprint density at radius 2 is 1.69 bits per heavy atom. The van der Waals surface area contributed by atoms with Crippen molar-refractivity contribution in [2.75, 3.05) is 21.3 Å². The lowest BCUT2D eigenvalue weighted by atomic mass is 10.2. The zero-order valence-electron chi connectivity index (χ0n) is 19.0. The van der Waals surface area contributed by atoms with Gasteiger partial charge in [0.25, 0.3) is 5.19 Å². The van der Waals surface area contributed by atoms with Gasteiger partial charge in [-0.25, -0.2) is 13.1 Å². The number of nitrogens with one attached hydrogen (secondary N) is 1. The smallest absolute Gasteiger partial charge is 0.303 e. The van der Waals surface area contributed by atoms with E-state index in [-0.39, 0.29) is 18.8 Å². The van der Waals surface area contributed by atoms with Crippen LogP contribution in [0.4, 0.5) is 0 Å². The highest BCUT2D eigenvalue weighted by Gasteiger charge is 2.29. The standard InChI is InChI=1S/C22H21N5O6S2.H2/c1-31-16-10-7-11-17(32-2)18(16)27-19(15-12-34-22(23-15)33-3)24-25-20(27)21(28)26-35(29,30)13-14-8-5-4-6-9-14;/h4-12H,13H2,1-3H3,(H,26,28);1H. The molecule has 2 aromatic carbocycles. The molecule has 11 nitrogen and oxygen atoms in total. The first-order valence-corrected chi connectivity index (χ1v) is 12.7. The van der Waals surface area contributed by atoms with Gasteiger partial charge in [-0.15, -0.1) is 10.2 Å². The number of amides is 1. The average Bonchev–Trinajstić information content (AvgIpc) is 3.50. The summed E-state index contributed by atoms with van der Waals surface area (Å²) in [5, 5.41) is 10.2. The average molecular weight is 518 g/mol. The molecule has 0 fully saturated rings. The topological polar surface area (TPSA) is 135 Å². The Hall–Kier alpha value is -3.97. The molecule has 1 amide bonds. The summed E-state index contributed by atoms with van der Waals surface area (Å²) < 4.78 is 45.0. The van der Waals surface area contributed by atoms with Gasteiger partial charge in [0.15, 0.2) is 5.82 Å². The largest absolute Gasteiger partial charge is 0.494 e. The predicted molar refractivity (Wildman–Crippen MR) is 131 cm³/mol. The number of rotatable bonds is 9. The third-order valence-corrected chi connectivity index (χ3v) is 6.84. The Morgan fingerprint density at radius 1 is 1.00 bits per heavy atom. The number of nitrogens with zero attached hydrogens (tertiary/aromatic N) is 4. The van der Waals surface area contributed by atoms with E-state index in [0.29, 0.717) is 33.6 Å². The highest BCUT2D eigenvalue weighted by molar-refractivity contribution is 7.89. The third kappa shape index (κ3) is 5.10. The van der Waals surface area contributed by atoms with Gasteiger partial charge in [0.05, 0.1) is 27.1 Å². The monoisotopic (exact) mass is 517 g/mol. The summed E-state index contributed by atoms with van der Waals surface area (Å²) >= 11 is 1.22. The molecular weight excluding hydrogens is 494 g/mol. The molecule has 35 heavy (non-hydrogen) atoms. The van der Waals surface area contributed by atoms with Crippen LogP contribution in [0.15, 0.2) is 53.9 Å². The molecule has 2 aromatic heterocycles. The van der Waals surface area contributed by atoms with E-state index in [1.165, 1.54) is 37.2 Å². The lowest BCUT2D eigenvalue weighted by Gasteiger charge is -2.16. The summed E-state index contributed by atoms with van der Waals surface area (Å²) in [6.45, 7) is 0. The second-order valence-corrected chi connectivity index (χ2v) is 9.62. The maximum Gasteiger partial charge on any atom is 0.303 e. The van der Waals surface area contributed by atoms with E-state index in [9.17, 15) is 13.2 Å². The number of benzene rings is 2. The van der Waals surface area contributed by atoms with E-state index >= 15 is 0 Å². The molecule has 0 unspecified atom stereocenters. The van der Waals surface area contributed by atoms with Crippen LogP contribution in [0, 0.1) is 0 Å². The van der Waals surface area contributed by atoms with Gasteiger partial charge in [-0.3, -0.25) is 9.36 Å².